The molecule has 2 aromatic carbocycles. The van der Waals surface area contributed by atoms with E-state index < -0.39 is 0 Å². The summed E-state index contributed by atoms with van der Waals surface area (Å²) in [7, 11) is 0. The van der Waals surface area contributed by atoms with Gasteiger partial charge in [0.15, 0.2) is 0 Å². The van der Waals surface area contributed by atoms with Crippen LogP contribution in [0.1, 0.15) is 19.3 Å². The number of rotatable bonds is 1. The number of halogens is 1. The second kappa shape index (κ2) is 4.73. The summed E-state index contributed by atoms with van der Waals surface area (Å²) in [5.74, 6) is 0.744. The molecule has 0 aromatic heterocycles. The molecule has 1 saturated heterocycles. The molecule has 1 heterocycles. The molecular weight excluding hydrogens is 288 g/mol. The lowest BCUT2D eigenvalue weighted by Crippen LogP contribution is -2.34. The molecule has 0 saturated carbocycles. The van der Waals surface area contributed by atoms with Crippen LogP contribution in [0.15, 0.2) is 40.9 Å². The first-order valence-electron chi connectivity index (χ1n) is 6.29. The van der Waals surface area contributed by atoms with E-state index in [0.717, 1.165) is 29.7 Å². The Morgan fingerprint density at radius 2 is 1.78 bits per heavy atom. The van der Waals surface area contributed by atoms with E-state index >= 15 is 0 Å². The van der Waals surface area contributed by atoms with Crippen molar-refractivity contribution in [3.05, 3.63) is 40.9 Å². The minimum atomic E-state index is 0.744. The molecule has 0 unspecified atom stereocenters. The van der Waals surface area contributed by atoms with E-state index in [4.69, 9.17) is 5.41 Å². The fourth-order valence-corrected chi connectivity index (χ4v) is 3.06. The first-order valence-corrected chi connectivity index (χ1v) is 7.09. The van der Waals surface area contributed by atoms with Crippen LogP contribution in [0.3, 0.4) is 0 Å². The number of fused-ring (bicyclic) bond motifs is 1. The predicted molar refractivity (Wildman–Crippen MR) is 80.6 cm³/mol. The zero-order valence-corrected chi connectivity index (χ0v) is 11.7. The average Bonchev–Trinajstić information content (AvgIpc) is 2.41. The lowest BCUT2D eigenvalue weighted by molar-refractivity contribution is 0.708. The molecule has 0 radical (unpaired) electrons. The summed E-state index contributed by atoms with van der Waals surface area (Å²) in [6, 6.07) is 12.6. The highest BCUT2D eigenvalue weighted by atomic mass is 79.9. The Hall–Kier alpha value is -1.35. The molecule has 0 amide bonds. The van der Waals surface area contributed by atoms with Gasteiger partial charge in [-0.05, 0) is 30.4 Å². The van der Waals surface area contributed by atoms with Crippen molar-refractivity contribution in [3.8, 4) is 0 Å². The van der Waals surface area contributed by atoms with Crippen LogP contribution in [0, 0.1) is 5.41 Å². The van der Waals surface area contributed by atoms with Crippen LogP contribution in [-0.4, -0.2) is 12.4 Å². The fraction of sp³-hybridized carbons (Fsp3) is 0.267. The summed E-state index contributed by atoms with van der Waals surface area (Å²) >= 11 is 3.60. The van der Waals surface area contributed by atoms with E-state index in [1.165, 1.54) is 22.9 Å². The van der Waals surface area contributed by atoms with Crippen LogP contribution in [0.5, 0.6) is 0 Å². The van der Waals surface area contributed by atoms with Crippen molar-refractivity contribution >= 4 is 38.2 Å². The Kier molecular flexibility index (Phi) is 3.08. The summed E-state index contributed by atoms with van der Waals surface area (Å²) in [4.78, 5) is 2.15. The average molecular weight is 303 g/mol. The van der Waals surface area contributed by atoms with Gasteiger partial charge in [-0.2, -0.15) is 0 Å². The molecule has 0 spiro atoms. The molecule has 1 fully saturated rings. The molecule has 18 heavy (non-hydrogen) atoms. The van der Waals surface area contributed by atoms with E-state index in [1.54, 1.807) is 0 Å². The summed E-state index contributed by atoms with van der Waals surface area (Å²) in [6.45, 7) is 0.963. The maximum atomic E-state index is 8.13. The minimum Gasteiger partial charge on any atom is -0.330 e. The molecule has 1 N–H and O–H groups in total. The summed E-state index contributed by atoms with van der Waals surface area (Å²) in [5, 5.41) is 10.6. The smallest absolute Gasteiger partial charge is 0.100 e. The van der Waals surface area contributed by atoms with Crippen LogP contribution < -0.4 is 4.90 Å². The molecule has 0 aliphatic carbocycles. The number of hydrogen-bond donors (Lipinski definition) is 1. The standard InChI is InChI=1S/C15H15BrN2/c16-13-8-9-14(12-6-2-1-5-11(12)13)18-10-4-3-7-15(18)17/h1-2,5-6,8-9,17H,3-4,7,10H2. The van der Waals surface area contributed by atoms with Gasteiger partial charge in [0, 0.05) is 28.5 Å². The third-order valence-electron chi connectivity index (χ3n) is 3.51. The molecule has 2 nitrogen and oxygen atoms in total. The first kappa shape index (κ1) is 11.7. The molecule has 92 valence electrons. The van der Waals surface area contributed by atoms with Crippen molar-refractivity contribution in [2.24, 2.45) is 0 Å². The van der Waals surface area contributed by atoms with E-state index in [1.807, 2.05) is 0 Å². The molecule has 0 bridgehead atoms. The zero-order chi connectivity index (χ0) is 12.5. The molecule has 3 heteroatoms. The zero-order valence-electron chi connectivity index (χ0n) is 10.1. The van der Waals surface area contributed by atoms with Gasteiger partial charge in [-0.25, -0.2) is 0 Å². The van der Waals surface area contributed by atoms with Crippen molar-refractivity contribution in [1.29, 1.82) is 5.41 Å². The Morgan fingerprint density at radius 3 is 2.56 bits per heavy atom. The number of anilines is 1. The molecule has 1 aliphatic heterocycles. The van der Waals surface area contributed by atoms with E-state index in [0.29, 0.717) is 0 Å². The molecule has 1 aliphatic rings. The number of piperidine rings is 1. The summed E-state index contributed by atoms with van der Waals surface area (Å²) in [6.07, 6.45) is 3.21. The second-order valence-corrected chi connectivity index (χ2v) is 5.52. The number of benzene rings is 2. The monoisotopic (exact) mass is 302 g/mol. The first-order chi connectivity index (χ1) is 8.77. The van der Waals surface area contributed by atoms with Crippen LogP contribution in [0.2, 0.25) is 0 Å². The number of hydrogen-bond acceptors (Lipinski definition) is 1. The van der Waals surface area contributed by atoms with Gasteiger partial charge in [0.2, 0.25) is 0 Å². The highest BCUT2D eigenvalue weighted by Gasteiger charge is 2.18. The van der Waals surface area contributed by atoms with Gasteiger partial charge < -0.3 is 4.90 Å². The van der Waals surface area contributed by atoms with Crippen molar-refractivity contribution < 1.29 is 0 Å². The van der Waals surface area contributed by atoms with Gasteiger partial charge in [0.25, 0.3) is 0 Å². The lowest BCUT2D eigenvalue weighted by atomic mass is 10.0. The number of nitrogens with zero attached hydrogens (tertiary/aromatic N) is 1. The normalized spacial score (nSPS) is 16.3. The van der Waals surface area contributed by atoms with E-state index in [2.05, 4.69) is 57.2 Å². The summed E-state index contributed by atoms with van der Waals surface area (Å²) < 4.78 is 1.12. The van der Waals surface area contributed by atoms with Crippen LogP contribution in [0.25, 0.3) is 10.8 Å². The van der Waals surface area contributed by atoms with Crippen LogP contribution in [-0.2, 0) is 0 Å². The summed E-state index contributed by atoms with van der Waals surface area (Å²) in [5.41, 5.74) is 1.17. The molecular formula is C15H15BrN2. The van der Waals surface area contributed by atoms with E-state index in [-0.39, 0.29) is 0 Å². The third kappa shape index (κ3) is 1.93. The van der Waals surface area contributed by atoms with E-state index in [9.17, 15) is 0 Å². The second-order valence-electron chi connectivity index (χ2n) is 4.67. The lowest BCUT2D eigenvalue weighted by Gasteiger charge is -2.30. The Balaban J connectivity index is 2.17. The van der Waals surface area contributed by atoms with Gasteiger partial charge in [0.1, 0.15) is 5.84 Å². The predicted octanol–water partition coefficient (Wildman–Crippen LogP) is 4.57. The third-order valence-corrected chi connectivity index (χ3v) is 4.20. The highest BCUT2D eigenvalue weighted by Crippen LogP contribution is 2.33. The van der Waals surface area contributed by atoms with Crippen LogP contribution in [0.4, 0.5) is 5.69 Å². The Morgan fingerprint density at radius 1 is 1.00 bits per heavy atom. The minimum absolute atomic E-state index is 0.744. The Labute approximate surface area is 115 Å². The number of amidine groups is 1. The van der Waals surface area contributed by atoms with Gasteiger partial charge in [-0.3, -0.25) is 5.41 Å². The van der Waals surface area contributed by atoms with Crippen molar-refractivity contribution in [2.45, 2.75) is 19.3 Å². The van der Waals surface area contributed by atoms with Crippen molar-refractivity contribution in [2.75, 3.05) is 11.4 Å². The van der Waals surface area contributed by atoms with Crippen molar-refractivity contribution in [1.82, 2.24) is 0 Å². The van der Waals surface area contributed by atoms with Gasteiger partial charge >= 0.3 is 0 Å². The van der Waals surface area contributed by atoms with Crippen molar-refractivity contribution in [3.63, 3.8) is 0 Å². The maximum absolute atomic E-state index is 8.13. The van der Waals surface area contributed by atoms with Crippen LogP contribution >= 0.6 is 15.9 Å². The molecule has 3 rings (SSSR count). The van der Waals surface area contributed by atoms with Gasteiger partial charge in [-0.1, -0.05) is 40.2 Å². The highest BCUT2D eigenvalue weighted by molar-refractivity contribution is 9.10. The number of nitrogens with one attached hydrogen (secondary N) is 1. The molecule has 2 aromatic rings. The topological polar surface area (TPSA) is 27.1 Å². The quantitative estimate of drug-likeness (QED) is 0.821. The fourth-order valence-electron chi connectivity index (χ4n) is 2.58. The molecule has 0 atom stereocenters. The van der Waals surface area contributed by atoms with Gasteiger partial charge in [0.05, 0.1) is 0 Å². The maximum Gasteiger partial charge on any atom is 0.100 e. The largest absolute Gasteiger partial charge is 0.330 e. The SMILES string of the molecule is N=C1CCCCN1c1ccc(Br)c2ccccc12. The Bertz CT molecular complexity index is 606. The van der Waals surface area contributed by atoms with Gasteiger partial charge in [-0.15, -0.1) is 0 Å².